The van der Waals surface area contributed by atoms with Crippen molar-refractivity contribution >= 4 is 11.9 Å². The fourth-order valence-corrected chi connectivity index (χ4v) is 5.52. The summed E-state index contributed by atoms with van der Waals surface area (Å²) in [6.07, 6.45) is 17.5. The zero-order chi connectivity index (χ0) is 28.4. The van der Waals surface area contributed by atoms with Gasteiger partial charge < -0.3 is 14.2 Å². The standard InChI is InChI=1S/C35H50O5/c1-3-5-10-13-28-14-16-29(17-15-28)30-18-24-33(25-19-30)40-35(37)31-20-22-32(23-21-31)38-26-11-8-6-7-9-12-27-39-34(36)4-2/h18-25,28-29H,3-17,26-27H2,1-2H3. The van der Waals surface area contributed by atoms with Gasteiger partial charge in [0.2, 0.25) is 0 Å². The molecule has 5 nitrogen and oxygen atoms in total. The van der Waals surface area contributed by atoms with Crippen LogP contribution < -0.4 is 9.47 Å². The molecule has 3 rings (SSSR count). The molecular weight excluding hydrogens is 500 g/mol. The lowest BCUT2D eigenvalue weighted by Crippen LogP contribution is -2.13. The van der Waals surface area contributed by atoms with Gasteiger partial charge in [0.15, 0.2) is 0 Å². The molecule has 0 amide bonds. The van der Waals surface area contributed by atoms with E-state index < -0.39 is 0 Å². The van der Waals surface area contributed by atoms with Crippen LogP contribution in [0.2, 0.25) is 0 Å². The van der Waals surface area contributed by atoms with Crippen molar-refractivity contribution in [1.82, 2.24) is 0 Å². The number of rotatable bonds is 18. The normalized spacial score (nSPS) is 16.9. The minimum Gasteiger partial charge on any atom is -0.494 e. The van der Waals surface area contributed by atoms with E-state index in [2.05, 4.69) is 19.1 Å². The maximum absolute atomic E-state index is 12.6. The molecule has 0 radical (unpaired) electrons. The van der Waals surface area contributed by atoms with Crippen molar-refractivity contribution in [2.24, 2.45) is 5.92 Å². The largest absolute Gasteiger partial charge is 0.494 e. The van der Waals surface area contributed by atoms with Crippen molar-refractivity contribution in [1.29, 1.82) is 0 Å². The van der Waals surface area contributed by atoms with Gasteiger partial charge in [-0.25, -0.2) is 4.79 Å². The molecule has 0 aromatic heterocycles. The van der Waals surface area contributed by atoms with Crippen LogP contribution in [0, 0.1) is 5.92 Å². The van der Waals surface area contributed by atoms with Crippen molar-refractivity contribution in [2.45, 2.75) is 116 Å². The van der Waals surface area contributed by atoms with Crippen molar-refractivity contribution in [3.63, 3.8) is 0 Å². The van der Waals surface area contributed by atoms with Gasteiger partial charge in [-0.2, -0.15) is 0 Å². The van der Waals surface area contributed by atoms with Crippen LogP contribution in [0.5, 0.6) is 11.5 Å². The lowest BCUT2D eigenvalue weighted by Gasteiger charge is -2.29. The minimum atomic E-state index is -0.351. The second kappa shape index (κ2) is 18.5. The third-order valence-electron chi connectivity index (χ3n) is 8.07. The molecule has 0 bridgehead atoms. The number of benzene rings is 2. The van der Waals surface area contributed by atoms with Gasteiger partial charge in [0.25, 0.3) is 0 Å². The molecule has 0 atom stereocenters. The fourth-order valence-electron chi connectivity index (χ4n) is 5.52. The van der Waals surface area contributed by atoms with Gasteiger partial charge in [-0.15, -0.1) is 0 Å². The summed E-state index contributed by atoms with van der Waals surface area (Å²) in [5, 5.41) is 0. The fraction of sp³-hybridized carbons (Fsp3) is 0.600. The van der Waals surface area contributed by atoms with E-state index in [1.807, 2.05) is 31.2 Å². The first kappa shape index (κ1) is 31.7. The minimum absolute atomic E-state index is 0.118. The molecule has 40 heavy (non-hydrogen) atoms. The predicted octanol–water partition coefficient (Wildman–Crippen LogP) is 9.43. The molecule has 0 spiro atoms. The zero-order valence-electron chi connectivity index (χ0n) is 24.8. The quantitative estimate of drug-likeness (QED) is 0.105. The van der Waals surface area contributed by atoms with Crippen LogP contribution in [0.25, 0.3) is 0 Å². The summed E-state index contributed by atoms with van der Waals surface area (Å²) in [4.78, 5) is 23.7. The van der Waals surface area contributed by atoms with Crippen molar-refractivity contribution < 1.29 is 23.8 Å². The second-order valence-electron chi connectivity index (χ2n) is 11.2. The molecule has 0 heterocycles. The first-order valence-corrected chi connectivity index (χ1v) is 15.8. The summed E-state index contributed by atoms with van der Waals surface area (Å²) in [5.74, 6) is 2.42. The van der Waals surface area contributed by atoms with Gasteiger partial charge in [-0.3, -0.25) is 4.79 Å². The predicted molar refractivity (Wildman–Crippen MR) is 161 cm³/mol. The monoisotopic (exact) mass is 550 g/mol. The highest BCUT2D eigenvalue weighted by molar-refractivity contribution is 5.91. The van der Waals surface area contributed by atoms with Crippen LogP contribution in [-0.2, 0) is 9.53 Å². The van der Waals surface area contributed by atoms with Gasteiger partial charge in [-0.05, 0) is 92.3 Å². The van der Waals surface area contributed by atoms with Crippen molar-refractivity contribution in [3.05, 3.63) is 59.7 Å². The Balaban J connectivity index is 1.29. The molecule has 0 saturated heterocycles. The third-order valence-corrected chi connectivity index (χ3v) is 8.07. The molecule has 0 unspecified atom stereocenters. The Kier molecular flexibility index (Phi) is 14.7. The highest BCUT2D eigenvalue weighted by atomic mass is 16.5. The molecule has 220 valence electrons. The van der Waals surface area contributed by atoms with E-state index in [0.717, 1.165) is 50.2 Å². The van der Waals surface area contributed by atoms with E-state index in [1.54, 1.807) is 12.1 Å². The van der Waals surface area contributed by atoms with E-state index in [0.29, 0.717) is 36.9 Å². The Morgan fingerprint density at radius 2 is 1.32 bits per heavy atom. The molecule has 2 aromatic carbocycles. The summed E-state index contributed by atoms with van der Waals surface area (Å²) in [5.41, 5.74) is 1.88. The van der Waals surface area contributed by atoms with Crippen molar-refractivity contribution in [3.8, 4) is 11.5 Å². The summed E-state index contributed by atoms with van der Waals surface area (Å²) >= 11 is 0. The highest BCUT2D eigenvalue weighted by Gasteiger charge is 2.22. The Hall–Kier alpha value is -2.82. The molecule has 2 aromatic rings. The Morgan fingerprint density at radius 3 is 1.98 bits per heavy atom. The maximum Gasteiger partial charge on any atom is 0.343 e. The van der Waals surface area contributed by atoms with Gasteiger partial charge in [-0.1, -0.05) is 77.3 Å². The number of ether oxygens (including phenoxy) is 3. The molecule has 5 heteroatoms. The van der Waals surface area contributed by atoms with Crippen LogP contribution in [-0.4, -0.2) is 25.2 Å². The molecule has 0 N–H and O–H groups in total. The first-order valence-electron chi connectivity index (χ1n) is 15.8. The van der Waals surface area contributed by atoms with E-state index in [9.17, 15) is 9.59 Å². The van der Waals surface area contributed by atoms with Crippen LogP contribution >= 0.6 is 0 Å². The smallest absolute Gasteiger partial charge is 0.343 e. The number of carbonyl (C=O) groups excluding carboxylic acids is 2. The lowest BCUT2D eigenvalue weighted by atomic mass is 9.77. The SMILES string of the molecule is CCCCCC1CCC(c2ccc(OC(=O)c3ccc(OCCCCCCCCOC(=O)CC)cc3)cc2)CC1. The summed E-state index contributed by atoms with van der Waals surface area (Å²) in [6, 6.07) is 15.3. The van der Waals surface area contributed by atoms with E-state index in [4.69, 9.17) is 14.2 Å². The molecular formula is C35H50O5. The Morgan fingerprint density at radius 1 is 0.700 bits per heavy atom. The maximum atomic E-state index is 12.6. The number of hydrogen-bond donors (Lipinski definition) is 0. The average Bonchev–Trinajstić information content (AvgIpc) is 2.99. The first-order chi connectivity index (χ1) is 19.6. The number of esters is 2. The van der Waals surface area contributed by atoms with Gasteiger partial charge in [0, 0.05) is 6.42 Å². The second-order valence-corrected chi connectivity index (χ2v) is 11.2. The van der Waals surface area contributed by atoms with E-state index >= 15 is 0 Å². The van der Waals surface area contributed by atoms with Crippen molar-refractivity contribution in [2.75, 3.05) is 13.2 Å². The van der Waals surface area contributed by atoms with Crippen LogP contribution in [0.3, 0.4) is 0 Å². The summed E-state index contributed by atoms with van der Waals surface area (Å²) in [7, 11) is 0. The summed E-state index contributed by atoms with van der Waals surface area (Å²) < 4.78 is 16.6. The molecule has 0 aliphatic heterocycles. The molecule has 1 aliphatic carbocycles. The van der Waals surface area contributed by atoms with E-state index in [1.165, 1.54) is 56.9 Å². The summed E-state index contributed by atoms with van der Waals surface area (Å²) in [6.45, 7) is 5.28. The van der Waals surface area contributed by atoms with Gasteiger partial charge in [0.1, 0.15) is 11.5 Å². The van der Waals surface area contributed by atoms with E-state index in [-0.39, 0.29) is 11.9 Å². The lowest BCUT2D eigenvalue weighted by molar-refractivity contribution is -0.143. The highest BCUT2D eigenvalue weighted by Crippen LogP contribution is 2.38. The topological polar surface area (TPSA) is 61.8 Å². The molecule has 1 saturated carbocycles. The zero-order valence-corrected chi connectivity index (χ0v) is 24.8. The van der Waals surface area contributed by atoms with Gasteiger partial charge >= 0.3 is 11.9 Å². The number of carbonyl (C=O) groups is 2. The molecule has 1 fully saturated rings. The molecule has 1 aliphatic rings. The Labute approximate surface area is 242 Å². The Bertz CT molecular complexity index is 974. The van der Waals surface area contributed by atoms with Crippen LogP contribution in [0.15, 0.2) is 48.5 Å². The number of unbranched alkanes of at least 4 members (excludes halogenated alkanes) is 7. The van der Waals surface area contributed by atoms with Gasteiger partial charge in [0.05, 0.1) is 18.8 Å². The average molecular weight is 551 g/mol. The third kappa shape index (κ3) is 11.7. The van der Waals surface area contributed by atoms with Crippen LogP contribution in [0.1, 0.15) is 132 Å². The number of hydrogen-bond acceptors (Lipinski definition) is 5. The van der Waals surface area contributed by atoms with Crippen LogP contribution in [0.4, 0.5) is 0 Å².